The smallest absolute Gasteiger partial charge is 0.0655 e. The summed E-state index contributed by atoms with van der Waals surface area (Å²) in [6.45, 7) is 0. The molecular weight excluding hydrogens is 394 g/mol. The lowest BCUT2D eigenvalue weighted by Crippen LogP contribution is -1.92. The van der Waals surface area contributed by atoms with Crippen molar-refractivity contribution in [3.8, 4) is 27.3 Å². The van der Waals surface area contributed by atoms with Gasteiger partial charge in [0.15, 0.2) is 0 Å². The van der Waals surface area contributed by atoms with Crippen LogP contribution in [0.5, 0.6) is 0 Å². The van der Waals surface area contributed by atoms with Crippen LogP contribution in [0.3, 0.4) is 0 Å². The second kappa shape index (κ2) is 6.44. The Balaban J connectivity index is 1.46. The van der Waals surface area contributed by atoms with Crippen molar-refractivity contribution in [1.82, 2.24) is 4.57 Å². The zero-order valence-electron chi connectivity index (χ0n) is 16.9. The minimum Gasteiger partial charge on any atom is -0.308 e. The predicted octanol–water partition coefficient (Wildman–Crippen LogP) is 8.08. The van der Waals surface area contributed by atoms with Gasteiger partial charge in [0, 0.05) is 16.0 Å². The minimum atomic E-state index is 1.04. The van der Waals surface area contributed by atoms with Crippen LogP contribution < -0.4 is 0 Å². The van der Waals surface area contributed by atoms with Crippen molar-refractivity contribution in [1.29, 1.82) is 0 Å². The lowest BCUT2D eigenvalue weighted by molar-refractivity contribution is 1.18. The molecule has 0 atom stereocenters. The molecule has 0 amide bonds. The first-order valence-electron chi connectivity index (χ1n) is 10.7. The number of para-hydroxylation sites is 2. The molecule has 0 saturated heterocycles. The second-order valence-corrected chi connectivity index (χ2v) is 9.27. The maximum Gasteiger partial charge on any atom is 0.0655 e. The highest BCUT2D eigenvalue weighted by molar-refractivity contribution is 7.23. The van der Waals surface area contributed by atoms with Gasteiger partial charge < -0.3 is 4.57 Å². The topological polar surface area (TPSA) is 4.93 Å². The van der Waals surface area contributed by atoms with E-state index in [1.54, 1.807) is 0 Å². The second-order valence-electron chi connectivity index (χ2n) is 8.22. The lowest BCUT2D eigenvalue weighted by atomic mass is 10.0. The van der Waals surface area contributed by atoms with Crippen molar-refractivity contribution in [2.24, 2.45) is 0 Å². The van der Waals surface area contributed by atoms with E-state index in [1.807, 2.05) is 11.3 Å². The summed E-state index contributed by atoms with van der Waals surface area (Å²) in [7, 11) is 0. The van der Waals surface area contributed by atoms with Crippen LogP contribution in [0, 0.1) is 0 Å². The fourth-order valence-corrected chi connectivity index (χ4v) is 6.18. The molecule has 1 aliphatic rings. The van der Waals surface area contributed by atoms with E-state index in [2.05, 4.69) is 108 Å². The Hall–Kier alpha value is -3.62. The first kappa shape index (κ1) is 17.1. The van der Waals surface area contributed by atoms with Crippen molar-refractivity contribution in [2.75, 3.05) is 0 Å². The van der Waals surface area contributed by atoms with Gasteiger partial charge in [-0.3, -0.25) is 0 Å². The number of rotatable bonds is 2. The molecule has 0 fully saturated rings. The monoisotopic (exact) mass is 413 g/mol. The van der Waals surface area contributed by atoms with Gasteiger partial charge in [-0.1, -0.05) is 72.8 Å². The molecule has 1 aliphatic carbocycles. The van der Waals surface area contributed by atoms with Crippen molar-refractivity contribution >= 4 is 32.5 Å². The molecule has 6 aromatic rings. The van der Waals surface area contributed by atoms with Crippen LogP contribution >= 0.6 is 11.3 Å². The number of fused-ring (bicyclic) bond motifs is 6. The third kappa shape index (κ3) is 2.49. The zero-order valence-corrected chi connectivity index (χ0v) is 17.7. The van der Waals surface area contributed by atoms with Gasteiger partial charge in [-0.25, -0.2) is 0 Å². The predicted molar refractivity (Wildman–Crippen MR) is 132 cm³/mol. The van der Waals surface area contributed by atoms with E-state index in [-0.39, 0.29) is 0 Å². The average Bonchev–Trinajstić information content (AvgIpc) is 3.49. The molecule has 0 radical (unpaired) electrons. The van der Waals surface area contributed by atoms with Gasteiger partial charge in [-0.2, -0.15) is 0 Å². The summed E-state index contributed by atoms with van der Waals surface area (Å²) in [6, 6.07) is 37.6. The van der Waals surface area contributed by atoms with E-state index in [4.69, 9.17) is 0 Å². The Labute approximate surface area is 184 Å². The van der Waals surface area contributed by atoms with Crippen molar-refractivity contribution in [2.45, 2.75) is 6.42 Å². The van der Waals surface area contributed by atoms with Crippen LogP contribution in [-0.4, -0.2) is 4.57 Å². The SMILES string of the molecule is c1ccc(-n2c3ccccc3c3sc(-c4ccc5c(c4)-c4ccccc4C5)cc32)cc1. The number of benzene rings is 4. The van der Waals surface area contributed by atoms with Crippen LogP contribution in [0.25, 0.3) is 48.4 Å². The third-order valence-electron chi connectivity index (χ3n) is 6.44. The van der Waals surface area contributed by atoms with Crippen molar-refractivity contribution in [3.63, 3.8) is 0 Å². The Morgan fingerprint density at radius 1 is 0.613 bits per heavy atom. The van der Waals surface area contributed by atoms with Gasteiger partial charge in [0.2, 0.25) is 0 Å². The summed E-state index contributed by atoms with van der Waals surface area (Å²) < 4.78 is 3.75. The highest BCUT2D eigenvalue weighted by Gasteiger charge is 2.20. The molecule has 2 heterocycles. The van der Waals surface area contributed by atoms with Crippen LogP contribution in [-0.2, 0) is 6.42 Å². The molecule has 146 valence electrons. The average molecular weight is 414 g/mol. The maximum absolute atomic E-state index is 2.40. The van der Waals surface area contributed by atoms with Gasteiger partial charge in [-0.15, -0.1) is 11.3 Å². The first-order chi connectivity index (χ1) is 15.4. The number of thiophene rings is 1. The summed E-state index contributed by atoms with van der Waals surface area (Å²) >= 11 is 1.90. The number of aromatic nitrogens is 1. The van der Waals surface area contributed by atoms with Crippen molar-refractivity contribution < 1.29 is 0 Å². The Kier molecular flexibility index (Phi) is 3.55. The molecule has 1 nitrogen and oxygen atoms in total. The first-order valence-corrected chi connectivity index (χ1v) is 11.5. The van der Waals surface area contributed by atoms with E-state index >= 15 is 0 Å². The minimum absolute atomic E-state index is 1.04. The highest BCUT2D eigenvalue weighted by Crippen LogP contribution is 2.44. The molecule has 0 saturated carbocycles. The maximum atomic E-state index is 2.40. The summed E-state index contributed by atoms with van der Waals surface area (Å²) in [5.41, 5.74) is 10.7. The molecule has 31 heavy (non-hydrogen) atoms. The Bertz CT molecular complexity index is 1600. The van der Waals surface area contributed by atoms with Crippen LogP contribution in [0.15, 0.2) is 103 Å². The fourth-order valence-electron chi connectivity index (χ4n) is 5.01. The fraction of sp³-hybridized carbons (Fsp3) is 0.0345. The highest BCUT2D eigenvalue weighted by atomic mass is 32.1. The van der Waals surface area contributed by atoms with E-state index in [9.17, 15) is 0 Å². The van der Waals surface area contributed by atoms with Crippen LogP contribution in [0.2, 0.25) is 0 Å². The number of hydrogen-bond acceptors (Lipinski definition) is 1. The largest absolute Gasteiger partial charge is 0.308 e. The van der Waals surface area contributed by atoms with E-state index in [0.717, 1.165) is 6.42 Å². The van der Waals surface area contributed by atoms with Crippen LogP contribution in [0.4, 0.5) is 0 Å². The Morgan fingerprint density at radius 3 is 2.32 bits per heavy atom. The molecule has 0 spiro atoms. The summed E-state index contributed by atoms with van der Waals surface area (Å²) in [5.74, 6) is 0. The van der Waals surface area contributed by atoms with Gasteiger partial charge in [-0.05, 0) is 64.6 Å². The number of hydrogen-bond donors (Lipinski definition) is 0. The molecular formula is C29H19NS. The number of nitrogens with zero attached hydrogens (tertiary/aromatic N) is 1. The Morgan fingerprint density at radius 2 is 1.39 bits per heavy atom. The molecule has 2 heteroatoms. The van der Waals surface area contributed by atoms with Gasteiger partial charge in [0.25, 0.3) is 0 Å². The van der Waals surface area contributed by atoms with Gasteiger partial charge in [0.05, 0.1) is 15.7 Å². The van der Waals surface area contributed by atoms with E-state index < -0.39 is 0 Å². The standard InChI is InChI=1S/C29H19NS/c1-2-9-22(10-3-1)30-26-13-7-6-12-24(26)29-27(30)18-28(31-29)21-15-14-20-16-19-8-4-5-11-23(19)25(20)17-21/h1-15,17-18H,16H2. The molecule has 4 aromatic carbocycles. The van der Waals surface area contributed by atoms with E-state index in [1.165, 1.54) is 59.5 Å². The molecule has 0 bridgehead atoms. The van der Waals surface area contributed by atoms with Gasteiger partial charge >= 0.3 is 0 Å². The normalized spacial score (nSPS) is 12.4. The summed E-state index contributed by atoms with van der Waals surface area (Å²) in [6.07, 6.45) is 1.04. The molecule has 0 aliphatic heterocycles. The third-order valence-corrected chi connectivity index (χ3v) is 7.65. The lowest BCUT2D eigenvalue weighted by Gasteiger charge is -2.07. The van der Waals surface area contributed by atoms with Gasteiger partial charge in [0.1, 0.15) is 0 Å². The van der Waals surface area contributed by atoms with Crippen molar-refractivity contribution in [3.05, 3.63) is 114 Å². The molecule has 7 rings (SSSR count). The summed E-state index contributed by atoms with van der Waals surface area (Å²) in [4.78, 5) is 1.33. The van der Waals surface area contributed by atoms with Crippen LogP contribution in [0.1, 0.15) is 11.1 Å². The molecule has 0 N–H and O–H groups in total. The summed E-state index contributed by atoms with van der Waals surface area (Å²) in [5, 5.41) is 1.32. The van der Waals surface area contributed by atoms with E-state index in [0.29, 0.717) is 0 Å². The molecule has 2 aromatic heterocycles. The molecule has 0 unspecified atom stereocenters. The zero-order chi connectivity index (χ0) is 20.4. The quantitative estimate of drug-likeness (QED) is 0.270.